The Balaban J connectivity index is 1.65. The van der Waals surface area contributed by atoms with E-state index in [9.17, 15) is 10.1 Å². The molecule has 3 heterocycles. The lowest BCUT2D eigenvalue weighted by atomic mass is 9.96. The molecule has 2 aromatic rings. The number of hydrogen-bond donors (Lipinski definition) is 1. The van der Waals surface area contributed by atoms with Crippen LogP contribution in [0.15, 0.2) is 30.6 Å². The first kappa shape index (κ1) is 17.1. The van der Waals surface area contributed by atoms with Crippen LogP contribution in [0.3, 0.4) is 0 Å². The number of rotatable bonds is 4. The standard InChI is InChI=1S/C17H22N6O2/c1-17(2,3)16-18-8-6-15(21-16)22-9-7-12(11-22)20-14-5-4-13(10-19-14)23(24)25/h4-6,8,10,12H,7,9,11H2,1-3H3,(H,19,20). The largest absolute Gasteiger partial charge is 0.365 e. The molecule has 8 heteroatoms. The van der Waals surface area contributed by atoms with Gasteiger partial charge in [-0.1, -0.05) is 20.8 Å². The quantitative estimate of drug-likeness (QED) is 0.674. The Bertz CT molecular complexity index is 756. The van der Waals surface area contributed by atoms with E-state index in [0.29, 0.717) is 5.82 Å². The van der Waals surface area contributed by atoms with Gasteiger partial charge in [0.05, 0.1) is 4.92 Å². The molecule has 1 fully saturated rings. The van der Waals surface area contributed by atoms with E-state index >= 15 is 0 Å². The zero-order valence-electron chi connectivity index (χ0n) is 14.6. The van der Waals surface area contributed by atoms with Crippen LogP contribution in [0.25, 0.3) is 0 Å². The Morgan fingerprint density at radius 2 is 2.08 bits per heavy atom. The molecule has 1 N–H and O–H groups in total. The van der Waals surface area contributed by atoms with Gasteiger partial charge in [0.1, 0.15) is 23.7 Å². The molecule has 1 aliphatic heterocycles. The lowest BCUT2D eigenvalue weighted by Gasteiger charge is -2.21. The van der Waals surface area contributed by atoms with Gasteiger partial charge in [0.15, 0.2) is 0 Å². The monoisotopic (exact) mass is 342 g/mol. The SMILES string of the molecule is CC(C)(C)c1nccc(N2CCC(Nc3ccc([N+](=O)[O-])cn3)C2)n1. The van der Waals surface area contributed by atoms with Crippen molar-refractivity contribution in [2.24, 2.45) is 0 Å². The minimum absolute atomic E-state index is 0.00528. The third-order valence-corrected chi connectivity index (χ3v) is 4.13. The molecule has 3 rings (SSSR count). The summed E-state index contributed by atoms with van der Waals surface area (Å²) >= 11 is 0. The van der Waals surface area contributed by atoms with Crippen molar-refractivity contribution in [1.29, 1.82) is 0 Å². The van der Waals surface area contributed by atoms with E-state index in [0.717, 1.165) is 31.2 Å². The Hall–Kier alpha value is -2.77. The number of hydrogen-bond acceptors (Lipinski definition) is 7. The van der Waals surface area contributed by atoms with Crippen molar-refractivity contribution in [1.82, 2.24) is 15.0 Å². The van der Waals surface area contributed by atoms with Gasteiger partial charge >= 0.3 is 0 Å². The van der Waals surface area contributed by atoms with Gasteiger partial charge < -0.3 is 10.2 Å². The number of nitro groups is 1. The minimum atomic E-state index is -0.448. The summed E-state index contributed by atoms with van der Waals surface area (Å²) in [7, 11) is 0. The van der Waals surface area contributed by atoms with Crippen molar-refractivity contribution >= 4 is 17.3 Å². The van der Waals surface area contributed by atoms with Crippen LogP contribution in [0.1, 0.15) is 33.0 Å². The number of nitrogens with one attached hydrogen (secondary N) is 1. The molecule has 1 saturated heterocycles. The van der Waals surface area contributed by atoms with Crippen LogP contribution in [-0.2, 0) is 5.41 Å². The second-order valence-electron chi connectivity index (χ2n) is 7.22. The molecule has 25 heavy (non-hydrogen) atoms. The summed E-state index contributed by atoms with van der Waals surface area (Å²) in [4.78, 5) is 25.6. The molecule has 0 bridgehead atoms. The average Bonchev–Trinajstić information content (AvgIpc) is 3.03. The summed E-state index contributed by atoms with van der Waals surface area (Å²) in [5, 5.41) is 14.0. The third-order valence-electron chi connectivity index (χ3n) is 4.13. The first-order valence-corrected chi connectivity index (χ1v) is 8.28. The predicted molar refractivity (Wildman–Crippen MR) is 95.9 cm³/mol. The normalized spacial score (nSPS) is 17.6. The highest BCUT2D eigenvalue weighted by Gasteiger charge is 2.25. The summed E-state index contributed by atoms with van der Waals surface area (Å²) in [5.74, 6) is 2.41. The second-order valence-corrected chi connectivity index (χ2v) is 7.22. The van der Waals surface area contributed by atoms with Crippen LogP contribution >= 0.6 is 0 Å². The van der Waals surface area contributed by atoms with Crippen molar-refractivity contribution in [2.45, 2.75) is 38.6 Å². The molecule has 0 aliphatic carbocycles. The number of aromatic nitrogens is 3. The minimum Gasteiger partial charge on any atom is -0.365 e. The van der Waals surface area contributed by atoms with Crippen LogP contribution in [0.2, 0.25) is 0 Å². The number of anilines is 2. The molecule has 0 aromatic carbocycles. The maximum absolute atomic E-state index is 10.7. The first-order chi connectivity index (χ1) is 11.8. The number of pyridine rings is 1. The zero-order chi connectivity index (χ0) is 18.0. The molecule has 1 atom stereocenters. The van der Waals surface area contributed by atoms with Gasteiger partial charge in [0.2, 0.25) is 0 Å². The Morgan fingerprint density at radius 1 is 1.28 bits per heavy atom. The Kier molecular flexibility index (Phi) is 4.52. The molecule has 1 aliphatic rings. The van der Waals surface area contributed by atoms with Crippen molar-refractivity contribution in [3.8, 4) is 0 Å². The number of nitrogens with zero attached hydrogens (tertiary/aromatic N) is 5. The van der Waals surface area contributed by atoms with E-state index in [1.54, 1.807) is 6.07 Å². The van der Waals surface area contributed by atoms with E-state index in [1.807, 2.05) is 12.3 Å². The molecule has 1 unspecified atom stereocenters. The van der Waals surface area contributed by atoms with Gasteiger partial charge in [-0.15, -0.1) is 0 Å². The lowest BCUT2D eigenvalue weighted by molar-refractivity contribution is -0.385. The van der Waals surface area contributed by atoms with Crippen LogP contribution in [0.5, 0.6) is 0 Å². The van der Waals surface area contributed by atoms with Crippen LogP contribution in [-0.4, -0.2) is 39.0 Å². The van der Waals surface area contributed by atoms with Gasteiger partial charge in [-0.3, -0.25) is 10.1 Å². The van der Waals surface area contributed by atoms with Crippen molar-refractivity contribution in [3.05, 3.63) is 46.5 Å². The molecular weight excluding hydrogens is 320 g/mol. The Labute approximate surface area is 146 Å². The molecule has 0 radical (unpaired) electrons. The van der Waals surface area contributed by atoms with Crippen molar-refractivity contribution < 1.29 is 4.92 Å². The van der Waals surface area contributed by atoms with Crippen LogP contribution in [0.4, 0.5) is 17.3 Å². The molecule has 0 amide bonds. The molecule has 2 aromatic heterocycles. The summed E-state index contributed by atoms with van der Waals surface area (Å²) in [6, 6.07) is 5.26. The average molecular weight is 342 g/mol. The fourth-order valence-corrected chi connectivity index (χ4v) is 2.76. The van der Waals surface area contributed by atoms with Crippen molar-refractivity contribution in [3.63, 3.8) is 0 Å². The first-order valence-electron chi connectivity index (χ1n) is 8.28. The summed E-state index contributed by atoms with van der Waals surface area (Å²) < 4.78 is 0. The third kappa shape index (κ3) is 4.01. The van der Waals surface area contributed by atoms with E-state index < -0.39 is 4.92 Å². The Morgan fingerprint density at radius 3 is 2.72 bits per heavy atom. The van der Waals surface area contributed by atoms with Gasteiger partial charge in [0.25, 0.3) is 5.69 Å². The second kappa shape index (κ2) is 6.62. The lowest BCUT2D eigenvalue weighted by Crippen LogP contribution is -2.28. The van der Waals surface area contributed by atoms with Gasteiger partial charge in [-0.2, -0.15) is 0 Å². The summed E-state index contributed by atoms with van der Waals surface area (Å²) in [6.07, 6.45) is 4.03. The highest BCUT2D eigenvalue weighted by Crippen LogP contribution is 2.24. The summed E-state index contributed by atoms with van der Waals surface area (Å²) in [6.45, 7) is 7.99. The van der Waals surface area contributed by atoms with Gasteiger partial charge in [0, 0.05) is 36.8 Å². The van der Waals surface area contributed by atoms with E-state index in [2.05, 4.69) is 41.0 Å². The topological polar surface area (TPSA) is 97.1 Å². The smallest absolute Gasteiger partial charge is 0.287 e. The van der Waals surface area contributed by atoms with Crippen molar-refractivity contribution in [2.75, 3.05) is 23.3 Å². The predicted octanol–water partition coefficient (Wildman–Crippen LogP) is 2.77. The maximum Gasteiger partial charge on any atom is 0.287 e. The van der Waals surface area contributed by atoms with Gasteiger partial charge in [-0.05, 0) is 18.6 Å². The molecule has 0 saturated carbocycles. The van der Waals surface area contributed by atoms with Crippen LogP contribution in [0, 0.1) is 10.1 Å². The van der Waals surface area contributed by atoms with E-state index in [-0.39, 0.29) is 17.1 Å². The highest BCUT2D eigenvalue weighted by atomic mass is 16.6. The van der Waals surface area contributed by atoms with E-state index in [1.165, 1.54) is 12.3 Å². The molecule has 8 nitrogen and oxygen atoms in total. The molecule has 0 spiro atoms. The molecular formula is C17H22N6O2. The fourth-order valence-electron chi connectivity index (χ4n) is 2.76. The zero-order valence-corrected chi connectivity index (χ0v) is 14.6. The van der Waals surface area contributed by atoms with E-state index in [4.69, 9.17) is 4.98 Å². The summed E-state index contributed by atoms with van der Waals surface area (Å²) in [5.41, 5.74) is -0.0925. The van der Waals surface area contributed by atoms with Gasteiger partial charge in [-0.25, -0.2) is 15.0 Å². The fraction of sp³-hybridized carbons (Fsp3) is 0.471. The highest BCUT2D eigenvalue weighted by molar-refractivity contribution is 5.44. The molecule has 132 valence electrons. The maximum atomic E-state index is 10.7. The van der Waals surface area contributed by atoms with Crippen LogP contribution < -0.4 is 10.2 Å².